The first-order valence-corrected chi connectivity index (χ1v) is 4.55. The Morgan fingerprint density at radius 2 is 2.13 bits per heavy atom. The van der Waals surface area contributed by atoms with Gasteiger partial charge in [-0.2, -0.15) is 0 Å². The molecule has 0 heterocycles. The van der Waals surface area contributed by atoms with Crippen molar-refractivity contribution in [3.05, 3.63) is 29.8 Å². The van der Waals surface area contributed by atoms with Gasteiger partial charge in [0.2, 0.25) is 0 Å². The van der Waals surface area contributed by atoms with Crippen LogP contribution in [-0.2, 0) is 4.79 Å². The fourth-order valence-electron chi connectivity index (χ4n) is 1.03. The zero-order chi connectivity index (χ0) is 11.3. The van der Waals surface area contributed by atoms with E-state index < -0.39 is 5.97 Å². The van der Waals surface area contributed by atoms with Crippen molar-refractivity contribution in [3.63, 3.8) is 0 Å². The van der Waals surface area contributed by atoms with Crippen LogP contribution in [0.1, 0.15) is 23.7 Å². The number of rotatable bonds is 5. The van der Waals surface area contributed by atoms with Crippen LogP contribution in [0, 0.1) is 0 Å². The quantitative estimate of drug-likeness (QED) is 0.800. The minimum atomic E-state index is -0.994. The van der Waals surface area contributed by atoms with Crippen LogP contribution in [0.25, 0.3) is 0 Å². The largest absolute Gasteiger partial charge is 0.493 e. The molecular weight excluding hydrogens is 196 g/mol. The molecule has 1 aromatic carbocycles. The molecule has 0 saturated heterocycles. The molecule has 4 nitrogen and oxygen atoms in total. The normalized spacial score (nSPS) is 9.67. The molecule has 1 aromatic rings. The van der Waals surface area contributed by atoms with Crippen LogP contribution in [0.3, 0.4) is 0 Å². The third-order valence-electron chi connectivity index (χ3n) is 1.80. The minimum absolute atomic E-state index is 0.0457. The minimum Gasteiger partial charge on any atom is -0.493 e. The smallest absolute Gasteiger partial charge is 0.335 e. The molecule has 0 spiro atoms. The molecule has 0 aliphatic carbocycles. The predicted molar refractivity (Wildman–Crippen MR) is 54.2 cm³/mol. The van der Waals surface area contributed by atoms with E-state index in [1.165, 1.54) is 19.1 Å². The number of aromatic carboxylic acids is 1. The van der Waals surface area contributed by atoms with Crippen LogP contribution < -0.4 is 4.74 Å². The highest BCUT2D eigenvalue weighted by atomic mass is 16.5. The van der Waals surface area contributed by atoms with E-state index in [2.05, 4.69) is 0 Å². The van der Waals surface area contributed by atoms with Crippen LogP contribution in [0.4, 0.5) is 0 Å². The number of ether oxygens (including phenoxy) is 1. The van der Waals surface area contributed by atoms with Gasteiger partial charge in [0.05, 0.1) is 12.2 Å². The summed E-state index contributed by atoms with van der Waals surface area (Å²) in [4.78, 5) is 21.3. The molecule has 0 atom stereocenters. The molecule has 80 valence electrons. The standard InChI is InChI=1S/C11H12O4/c1-8(12)5-6-15-10-4-2-3-9(7-10)11(13)14/h2-4,7H,5-6H2,1H3,(H,13,14). The number of benzene rings is 1. The van der Waals surface area contributed by atoms with Gasteiger partial charge in [-0.15, -0.1) is 0 Å². The Morgan fingerprint density at radius 3 is 2.73 bits per heavy atom. The third kappa shape index (κ3) is 3.81. The molecule has 0 aliphatic heterocycles. The number of carboxylic acids is 1. The van der Waals surface area contributed by atoms with E-state index in [4.69, 9.17) is 9.84 Å². The van der Waals surface area contributed by atoms with E-state index in [1.807, 2.05) is 0 Å². The van der Waals surface area contributed by atoms with Gasteiger partial charge in [-0.05, 0) is 25.1 Å². The Morgan fingerprint density at radius 1 is 1.40 bits per heavy atom. The van der Waals surface area contributed by atoms with Gasteiger partial charge in [0.15, 0.2) is 0 Å². The van der Waals surface area contributed by atoms with Crippen molar-refractivity contribution < 1.29 is 19.4 Å². The predicted octanol–water partition coefficient (Wildman–Crippen LogP) is 1.74. The van der Waals surface area contributed by atoms with Crippen molar-refractivity contribution in [2.24, 2.45) is 0 Å². The summed E-state index contributed by atoms with van der Waals surface area (Å²) in [7, 11) is 0. The molecular formula is C11H12O4. The monoisotopic (exact) mass is 208 g/mol. The second-order valence-electron chi connectivity index (χ2n) is 3.13. The van der Waals surface area contributed by atoms with Crippen LogP contribution >= 0.6 is 0 Å². The van der Waals surface area contributed by atoms with Crippen molar-refractivity contribution in [1.82, 2.24) is 0 Å². The first-order valence-electron chi connectivity index (χ1n) is 4.55. The number of carboxylic acid groups (broad SMARTS) is 1. The van der Waals surface area contributed by atoms with Gasteiger partial charge in [0.1, 0.15) is 11.5 Å². The Bertz CT molecular complexity index is 371. The summed E-state index contributed by atoms with van der Waals surface area (Å²) in [5.74, 6) is -0.479. The fraction of sp³-hybridized carbons (Fsp3) is 0.273. The van der Waals surface area contributed by atoms with Crippen LogP contribution in [0.5, 0.6) is 5.75 Å². The lowest BCUT2D eigenvalue weighted by atomic mass is 10.2. The lowest BCUT2D eigenvalue weighted by Crippen LogP contribution is -2.03. The average Bonchev–Trinajstić information content (AvgIpc) is 2.17. The molecule has 0 bridgehead atoms. The summed E-state index contributed by atoms with van der Waals surface area (Å²) in [6, 6.07) is 6.18. The average molecular weight is 208 g/mol. The van der Waals surface area contributed by atoms with E-state index in [0.717, 1.165) is 0 Å². The molecule has 1 rings (SSSR count). The first kappa shape index (κ1) is 11.2. The van der Waals surface area contributed by atoms with E-state index in [9.17, 15) is 9.59 Å². The SMILES string of the molecule is CC(=O)CCOc1cccc(C(=O)O)c1. The van der Waals surface area contributed by atoms with Crippen molar-refractivity contribution >= 4 is 11.8 Å². The van der Waals surface area contributed by atoms with Crippen molar-refractivity contribution in [1.29, 1.82) is 0 Å². The summed E-state index contributed by atoms with van der Waals surface area (Å²) in [5.41, 5.74) is 0.176. The molecule has 0 aromatic heterocycles. The molecule has 1 N–H and O–H groups in total. The van der Waals surface area contributed by atoms with Crippen molar-refractivity contribution in [3.8, 4) is 5.75 Å². The summed E-state index contributed by atoms with van der Waals surface area (Å²) in [6.07, 6.45) is 0.331. The number of carbonyl (C=O) groups excluding carboxylic acids is 1. The summed E-state index contributed by atoms with van der Waals surface area (Å²) in [6.45, 7) is 1.76. The number of ketones is 1. The van der Waals surface area contributed by atoms with Gasteiger partial charge in [0.25, 0.3) is 0 Å². The third-order valence-corrected chi connectivity index (χ3v) is 1.80. The summed E-state index contributed by atoms with van der Waals surface area (Å²) < 4.78 is 5.22. The van der Waals surface area contributed by atoms with Crippen molar-refractivity contribution in [2.45, 2.75) is 13.3 Å². The summed E-state index contributed by atoms with van der Waals surface area (Å²) >= 11 is 0. The van der Waals surface area contributed by atoms with Gasteiger partial charge in [0, 0.05) is 6.42 Å². The summed E-state index contributed by atoms with van der Waals surface area (Å²) in [5, 5.41) is 8.71. The topological polar surface area (TPSA) is 63.6 Å². The highest BCUT2D eigenvalue weighted by molar-refractivity contribution is 5.88. The Hall–Kier alpha value is -1.84. The molecule has 0 aliphatic rings. The second-order valence-corrected chi connectivity index (χ2v) is 3.13. The molecule has 0 fully saturated rings. The highest BCUT2D eigenvalue weighted by Crippen LogP contribution is 2.13. The lowest BCUT2D eigenvalue weighted by Gasteiger charge is -2.04. The maximum absolute atomic E-state index is 10.6. The highest BCUT2D eigenvalue weighted by Gasteiger charge is 2.03. The Balaban J connectivity index is 2.58. The molecule has 0 radical (unpaired) electrons. The van der Waals surface area contributed by atoms with E-state index in [-0.39, 0.29) is 18.0 Å². The molecule has 0 saturated carbocycles. The number of hydrogen-bond acceptors (Lipinski definition) is 3. The number of carbonyl (C=O) groups is 2. The zero-order valence-corrected chi connectivity index (χ0v) is 8.40. The molecule has 4 heteroatoms. The van der Waals surface area contributed by atoms with Crippen LogP contribution in [0.2, 0.25) is 0 Å². The molecule has 0 unspecified atom stereocenters. The van der Waals surface area contributed by atoms with Gasteiger partial charge in [-0.3, -0.25) is 4.79 Å². The number of hydrogen-bond donors (Lipinski definition) is 1. The first-order chi connectivity index (χ1) is 7.09. The van der Waals surface area contributed by atoms with Gasteiger partial charge in [-0.25, -0.2) is 4.79 Å². The lowest BCUT2D eigenvalue weighted by molar-refractivity contribution is -0.117. The van der Waals surface area contributed by atoms with Gasteiger partial charge >= 0.3 is 5.97 Å². The van der Waals surface area contributed by atoms with Crippen LogP contribution in [0.15, 0.2) is 24.3 Å². The van der Waals surface area contributed by atoms with Gasteiger partial charge < -0.3 is 9.84 Å². The maximum Gasteiger partial charge on any atom is 0.335 e. The second kappa shape index (κ2) is 5.14. The maximum atomic E-state index is 10.6. The van der Waals surface area contributed by atoms with Crippen LogP contribution in [-0.4, -0.2) is 23.5 Å². The molecule has 15 heavy (non-hydrogen) atoms. The van der Waals surface area contributed by atoms with Crippen molar-refractivity contribution in [2.75, 3.05) is 6.61 Å². The van der Waals surface area contributed by atoms with Gasteiger partial charge in [-0.1, -0.05) is 6.07 Å². The number of Topliss-reactive ketones (excluding diaryl/α,β-unsaturated/α-hetero) is 1. The fourth-order valence-corrected chi connectivity index (χ4v) is 1.03. The molecule has 0 amide bonds. The zero-order valence-electron chi connectivity index (χ0n) is 8.40. The van der Waals surface area contributed by atoms with E-state index >= 15 is 0 Å². The Kier molecular flexibility index (Phi) is 3.85. The Labute approximate surface area is 87.5 Å². The van der Waals surface area contributed by atoms with E-state index in [0.29, 0.717) is 12.2 Å². The van der Waals surface area contributed by atoms with E-state index in [1.54, 1.807) is 12.1 Å².